The molecule has 5 heteroatoms. The van der Waals surface area contributed by atoms with Crippen LogP contribution >= 0.6 is 0 Å². The van der Waals surface area contributed by atoms with Crippen molar-refractivity contribution in [2.45, 2.75) is 6.61 Å². The number of phenolic OH excluding ortho intramolecular Hbond substituents is 1. The van der Waals surface area contributed by atoms with Gasteiger partial charge >= 0.3 is 5.97 Å². The Morgan fingerprint density at radius 1 is 1.33 bits per heavy atom. The van der Waals surface area contributed by atoms with Crippen molar-refractivity contribution in [2.24, 2.45) is 0 Å². The molecule has 0 aromatic heterocycles. The summed E-state index contributed by atoms with van der Waals surface area (Å²) in [5.74, 6) is 0.0602. The van der Waals surface area contributed by atoms with Gasteiger partial charge in [0.05, 0.1) is 19.8 Å². The summed E-state index contributed by atoms with van der Waals surface area (Å²) in [5.41, 5.74) is 0.687. The normalized spacial score (nSPS) is 13.3. The molecule has 0 saturated carbocycles. The quantitative estimate of drug-likeness (QED) is 0.740. The number of methoxy groups -OCH3 is 2. The van der Waals surface area contributed by atoms with Crippen LogP contribution in [0.2, 0.25) is 0 Å². The Bertz CT molecular complexity index is 424. The highest BCUT2D eigenvalue weighted by Crippen LogP contribution is 2.42. The number of benzene rings is 1. The molecule has 0 fully saturated rings. The fourth-order valence-corrected chi connectivity index (χ4v) is 1.57. The minimum Gasteiger partial charge on any atom is -0.504 e. The van der Waals surface area contributed by atoms with Crippen LogP contribution in [0.4, 0.5) is 0 Å². The maximum atomic E-state index is 11.3. The van der Waals surface area contributed by atoms with E-state index in [9.17, 15) is 9.90 Å². The van der Waals surface area contributed by atoms with Crippen molar-refractivity contribution in [3.05, 3.63) is 17.2 Å². The number of fused-ring (bicyclic) bond motifs is 1. The first-order valence-corrected chi connectivity index (χ1v) is 4.33. The lowest BCUT2D eigenvalue weighted by Crippen LogP contribution is -1.99. The molecule has 1 aromatic rings. The van der Waals surface area contributed by atoms with Crippen molar-refractivity contribution in [1.29, 1.82) is 0 Å². The minimum atomic E-state index is -0.486. The first kappa shape index (κ1) is 9.64. The van der Waals surface area contributed by atoms with E-state index in [1.807, 2.05) is 0 Å². The number of aromatic hydroxyl groups is 1. The Labute approximate surface area is 86.2 Å². The number of hydrogen-bond donors (Lipinski definition) is 1. The Balaban J connectivity index is 2.69. The van der Waals surface area contributed by atoms with Crippen LogP contribution in [0.15, 0.2) is 6.07 Å². The van der Waals surface area contributed by atoms with Gasteiger partial charge in [0, 0.05) is 6.07 Å². The van der Waals surface area contributed by atoms with Crippen LogP contribution in [0, 0.1) is 0 Å². The van der Waals surface area contributed by atoms with Gasteiger partial charge in [-0.25, -0.2) is 4.79 Å². The van der Waals surface area contributed by atoms with Crippen LogP contribution < -0.4 is 9.47 Å². The van der Waals surface area contributed by atoms with E-state index >= 15 is 0 Å². The smallest absolute Gasteiger partial charge is 0.342 e. The number of carbonyl (C=O) groups excluding carboxylic acids is 1. The van der Waals surface area contributed by atoms with E-state index in [1.165, 1.54) is 20.3 Å². The highest BCUT2D eigenvalue weighted by Gasteiger charge is 2.30. The van der Waals surface area contributed by atoms with Gasteiger partial charge < -0.3 is 19.3 Å². The molecule has 1 N–H and O–H groups in total. The van der Waals surface area contributed by atoms with Crippen molar-refractivity contribution < 1.29 is 24.1 Å². The first-order chi connectivity index (χ1) is 7.19. The lowest BCUT2D eigenvalue weighted by molar-refractivity contribution is 0.0532. The lowest BCUT2D eigenvalue weighted by Gasteiger charge is -2.09. The highest BCUT2D eigenvalue weighted by atomic mass is 16.5. The standard InChI is InChI=1S/C10H10O5/c1-13-6-3-7(14-2)9(11)5-4-15-10(12)8(5)6/h3,11H,4H2,1-2H3. The number of phenols is 1. The number of carbonyl (C=O) groups is 1. The number of rotatable bonds is 2. The topological polar surface area (TPSA) is 65.0 Å². The predicted molar refractivity (Wildman–Crippen MR) is 50.3 cm³/mol. The molecule has 1 heterocycles. The van der Waals surface area contributed by atoms with Gasteiger partial charge in [0.1, 0.15) is 17.9 Å². The van der Waals surface area contributed by atoms with Gasteiger partial charge in [-0.1, -0.05) is 0 Å². The minimum absolute atomic E-state index is 0.0492. The summed E-state index contributed by atoms with van der Waals surface area (Å²) >= 11 is 0. The third kappa shape index (κ3) is 1.27. The van der Waals surface area contributed by atoms with E-state index in [0.29, 0.717) is 11.3 Å². The molecule has 5 nitrogen and oxygen atoms in total. The first-order valence-electron chi connectivity index (χ1n) is 4.33. The molecule has 0 amide bonds. The fourth-order valence-electron chi connectivity index (χ4n) is 1.57. The summed E-state index contributed by atoms with van der Waals surface area (Å²) in [6.45, 7) is 0.0492. The Hall–Kier alpha value is -1.91. The zero-order chi connectivity index (χ0) is 11.0. The third-order valence-corrected chi connectivity index (χ3v) is 2.32. The van der Waals surface area contributed by atoms with Gasteiger partial charge in [-0.2, -0.15) is 0 Å². The van der Waals surface area contributed by atoms with E-state index in [-0.39, 0.29) is 23.7 Å². The largest absolute Gasteiger partial charge is 0.504 e. The van der Waals surface area contributed by atoms with E-state index in [2.05, 4.69) is 0 Å². The van der Waals surface area contributed by atoms with Gasteiger partial charge in [-0.15, -0.1) is 0 Å². The van der Waals surface area contributed by atoms with Gasteiger partial charge in [0.15, 0.2) is 11.5 Å². The van der Waals surface area contributed by atoms with Crippen LogP contribution in [0.3, 0.4) is 0 Å². The van der Waals surface area contributed by atoms with Crippen LogP contribution in [0.1, 0.15) is 15.9 Å². The summed E-state index contributed by atoms with van der Waals surface area (Å²) in [7, 11) is 2.87. The van der Waals surface area contributed by atoms with E-state index in [4.69, 9.17) is 14.2 Å². The third-order valence-electron chi connectivity index (χ3n) is 2.32. The average molecular weight is 210 g/mol. The average Bonchev–Trinajstić information content (AvgIpc) is 2.63. The van der Waals surface area contributed by atoms with Gasteiger partial charge in [0.25, 0.3) is 0 Å². The summed E-state index contributed by atoms with van der Waals surface area (Å²) < 4.78 is 14.8. The monoisotopic (exact) mass is 210 g/mol. The van der Waals surface area contributed by atoms with Crippen molar-refractivity contribution >= 4 is 5.97 Å². The lowest BCUT2D eigenvalue weighted by atomic mass is 10.1. The predicted octanol–water partition coefficient (Wildman–Crippen LogP) is 1.08. The molecule has 0 bridgehead atoms. The van der Waals surface area contributed by atoms with Gasteiger partial charge in [-0.3, -0.25) is 0 Å². The molecule has 0 saturated heterocycles. The number of cyclic esters (lactones) is 1. The van der Waals surface area contributed by atoms with Crippen molar-refractivity contribution in [3.8, 4) is 17.2 Å². The Morgan fingerprint density at radius 3 is 2.60 bits per heavy atom. The van der Waals surface area contributed by atoms with Gasteiger partial charge in [-0.05, 0) is 0 Å². The number of hydrogen-bond acceptors (Lipinski definition) is 5. The van der Waals surface area contributed by atoms with Crippen LogP contribution in [-0.2, 0) is 11.3 Å². The molecular weight excluding hydrogens is 200 g/mol. The molecule has 0 spiro atoms. The summed E-state index contributed by atoms with van der Waals surface area (Å²) in [6.07, 6.45) is 0. The maximum absolute atomic E-state index is 11.3. The molecule has 80 valence electrons. The SMILES string of the molecule is COc1cc(OC)c2c(c1O)COC2=O. The van der Waals surface area contributed by atoms with E-state index < -0.39 is 5.97 Å². The van der Waals surface area contributed by atoms with E-state index in [0.717, 1.165) is 0 Å². The molecule has 0 aliphatic carbocycles. The summed E-state index contributed by atoms with van der Waals surface area (Å²) in [6, 6.07) is 1.46. The van der Waals surface area contributed by atoms with Crippen molar-refractivity contribution in [1.82, 2.24) is 0 Å². The van der Waals surface area contributed by atoms with Crippen molar-refractivity contribution in [2.75, 3.05) is 14.2 Å². The molecule has 2 rings (SSSR count). The molecule has 0 unspecified atom stereocenters. The molecular formula is C10H10O5. The van der Waals surface area contributed by atoms with Gasteiger partial charge in [0.2, 0.25) is 0 Å². The molecule has 0 atom stereocenters. The fraction of sp³-hybridized carbons (Fsp3) is 0.300. The second kappa shape index (κ2) is 3.34. The van der Waals surface area contributed by atoms with Crippen molar-refractivity contribution in [3.63, 3.8) is 0 Å². The number of ether oxygens (including phenoxy) is 3. The van der Waals surface area contributed by atoms with E-state index in [1.54, 1.807) is 0 Å². The Kier molecular flexibility index (Phi) is 2.15. The molecule has 15 heavy (non-hydrogen) atoms. The van der Waals surface area contributed by atoms with Crippen LogP contribution in [-0.4, -0.2) is 25.3 Å². The van der Waals surface area contributed by atoms with Crippen LogP contribution in [0.25, 0.3) is 0 Å². The second-order valence-corrected chi connectivity index (χ2v) is 3.06. The maximum Gasteiger partial charge on any atom is 0.342 e. The second-order valence-electron chi connectivity index (χ2n) is 3.06. The zero-order valence-corrected chi connectivity index (χ0v) is 8.36. The molecule has 1 aliphatic rings. The van der Waals surface area contributed by atoms with Crippen LogP contribution in [0.5, 0.6) is 17.2 Å². The zero-order valence-electron chi connectivity index (χ0n) is 8.36. The molecule has 1 aliphatic heterocycles. The summed E-state index contributed by atoms with van der Waals surface area (Å²) in [5, 5.41) is 9.73. The molecule has 1 aromatic carbocycles. The number of esters is 1. The highest BCUT2D eigenvalue weighted by molar-refractivity contribution is 5.97. The molecule has 0 radical (unpaired) electrons. The summed E-state index contributed by atoms with van der Waals surface area (Å²) in [4.78, 5) is 11.3. The Morgan fingerprint density at radius 2 is 2.00 bits per heavy atom.